The number of nitrogens with one attached hydrogen (secondary N) is 1. The van der Waals surface area contributed by atoms with Crippen LogP contribution in [0.3, 0.4) is 0 Å². The second kappa shape index (κ2) is 6.23. The number of anilines is 2. The van der Waals surface area contributed by atoms with Gasteiger partial charge >= 0.3 is 0 Å². The molecule has 1 aliphatic rings. The molecule has 1 aromatic carbocycles. The molecular formula is C16H17ClN4O. The zero-order valence-electron chi connectivity index (χ0n) is 12.0. The Labute approximate surface area is 134 Å². The molecule has 5 nitrogen and oxygen atoms in total. The quantitative estimate of drug-likeness (QED) is 0.909. The summed E-state index contributed by atoms with van der Waals surface area (Å²) in [5.74, 6) is 0.176. The molecule has 0 aliphatic carbocycles. The second-order valence-electron chi connectivity index (χ2n) is 5.34. The van der Waals surface area contributed by atoms with Crippen LogP contribution in [-0.4, -0.2) is 30.0 Å². The van der Waals surface area contributed by atoms with Crippen molar-refractivity contribution in [2.45, 2.75) is 12.5 Å². The second-order valence-corrected chi connectivity index (χ2v) is 5.74. The molecular weight excluding hydrogens is 300 g/mol. The number of primary amides is 1. The van der Waals surface area contributed by atoms with Gasteiger partial charge in [0.15, 0.2) is 0 Å². The molecule has 1 saturated heterocycles. The predicted octanol–water partition coefficient (Wildman–Crippen LogP) is 2.52. The Morgan fingerprint density at radius 2 is 2.14 bits per heavy atom. The van der Waals surface area contributed by atoms with Crippen molar-refractivity contribution in [1.82, 2.24) is 4.98 Å². The molecule has 1 amide bonds. The molecule has 0 spiro atoms. The van der Waals surface area contributed by atoms with Crippen molar-refractivity contribution in [1.29, 1.82) is 0 Å². The fourth-order valence-electron chi connectivity index (χ4n) is 2.64. The van der Waals surface area contributed by atoms with Gasteiger partial charge in [-0.3, -0.25) is 4.79 Å². The molecule has 2 heterocycles. The van der Waals surface area contributed by atoms with E-state index in [0.29, 0.717) is 22.4 Å². The van der Waals surface area contributed by atoms with Crippen LogP contribution in [-0.2, 0) is 0 Å². The van der Waals surface area contributed by atoms with Crippen LogP contribution in [0.4, 0.5) is 11.5 Å². The van der Waals surface area contributed by atoms with Crippen LogP contribution in [0.5, 0.6) is 0 Å². The van der Waals surface area contributed by atoms with E-state index in [1.807, 2.05) is 18.2 Å². The molecule has 0 bridgehead atoms. The highest BCUT2D eigenvalue weighted by Crippen LogP contribution is 2.28. The number of para-hydroxylation sites is 1. The van der Waals surface area contributed by atoms with Gasteiger partial charge in [-0.05, 0) is 24.6 Å². The van der Waals surface area contributed by atoms with E-state index < -0.39 is 5.91 Å². The first-order valence-electron chi connectivity index (χ1n) is 7.15. The SMILES string of the molecule is NC(=O)c1cnc(N2CCC(Nc3ccccc3)C2)c(Cl)c1. The Morgan fingerprint density at radius 3 is 2.82 bits per heavy atom. The van der Waals surface area contributed by atoms with Crippen LogP contribution in [0.2, 0.25) is 5.02 Å². The molecule has 3 rings (SSSR count). The van der Waals surface area contributed by atoms with Crippen LogP contribution < -0.4 is 16.0 Å². The standard InChI is InChI=1S/C16H17ClN4O/c17-14-8-11(15(18)22)9-19-16(14)21-7-6-13(10-21)20-12-4-2-1-3-5-12/h1-5,8-9,13,20H,6-7,10H2,(H2,18,22). The fraction of sp³-hybridized carbons (Fsp3) is 0.250. The van der Waals surface area contributed by atoms with Gasteiger partial charge in [0.2, 0.25) is 5.91 Å². The average molecular weight is 317 g/mol. The molecule has 114 valence electrons. The number of nitrogens with zero attached hydrogens (tertiary/aromatic N) is 2. The maximum atomic E-state index is 11.1. The summed E-state index contributed by atoms with van der Waals surface area (Å²) in [5.41, 5.74) is 6.67. The molecule has 0 saturated carbocycles. The van der Waals surface area contributed by atoms with Gasteiger partial charge in [-0.2, -0.15) is 0 Å². The molecule has 1 atom stereocenters. The third kappa shape index (κ3) is 3.14. The molecule has 2 aromatic rings. The van der Waals surface area contributed by atoms with Gasteiger partial charge in [0.25, 0.3) is 0 Å². The molecule has 6 heteroatoms. The maximum absolute atomic E-state index is 11.1. The monoisotopic (exact) mass is 316 g/mol. The van der Waals surface area contributed by atoms with E-state index in [0.717, 1.165) is 25.2 Å². The van der Waals surface area contributed by atoms with E-state index in [2.05, 4.69) is 27.3 Å². The van der Waals surface area contributed by atoms with E-state index in [9.17, 15) is 4.79 Å². The van der Waals surface area contributed by atoms with Gasteiger partial charge in [0, 0.05) is 31.0 Å². The highest BCUT2D eigenvalue weighted by Gasteiger charge is 2.25. The number of rotatable bonds is 4. The zero-order valence-corrected chi connectivity index (χ0v) is 12.8. The number of carbonyl (C=O) groups is 1. The molecule has 1 aromatic heterocycles. The minimum absolute atomic E-state index is 0.326. The number of hydrogen-bond donors (Lipinski definition) is 2. The predicted molar refractivity (Wildman–Crippen MR) is 88.4 cm³/mol. The van der Waals surface area contributed by atoms with Crippen molar-refractivity contribution < 1.29 is 4.79 Å². The number of carbonyl (C=O) groups excluding carboxylic acids is 1. The first-order valence-corrected chi connectivity index (χ1v) is 7.53. The number of pyridine rings is 1. The van der Waals surface area contributed by atoms with Crippen molar-refractivity contribution in [2.75, 3.05) is 23.3 Å². The summed E-state index contributed by atoms with van der Waals surface area (Å²) < 4.78 is 0. The minimum atomic E-state index is -0.522. The number of nitrogens with two attached hydrogens (primary N) is 1. The number of aromatic nitrogens is 1. The lowest BCUT2D eigenvalue weighted by Crippen LogP contribution is -2.27. The Morgan fingerprint density at radius 1 is 1.36 bits per heavy atom. The topological polar surface area (TPSA) is 71.2 Å². The van der Waals surface area contributed by atoms with Crippen molar-refractivity contribution in [3.05, 3.63) is 53.2 Å². The molecule has 1 unspecified atom stereocenters. The fourth-order valence-corrected chi connectivity index (χ4v) is 2.92. The Kier molecular flexibility index (Phi) is 4.15. The van der Waals surface area contributed by atoms with Crippen molar-refractivity contribution in [3.63, 3.8) is 0 Å². The van der Waals surface area contributed by atoms with Gasteiger partial charge in [0.1, 0.15) is 5.82 Å². The molecule has 1 aliphatic heterocycles. The summed E-state index contributed by atoms with van der Waals surface area (Å²) in [6.07, 6.45) is 2.48. The Balaban J connectivity index is 1.69. The van der Waals surface area contributed by atoms with Gasteiger partial charge in [-0.15, -0.1) is 0 Å². The highest BCUT2D eigenvalue weighted by atomic mass is 35.5. The normalized spacial score (nSPS) is 17.5. The van der Waals surface area contributed by atoms with Crippen LogP contribution in [0.1, 0.15) is 16.8 Å². The van der Waals surface area contributed by atoms with Gasteiger partial charge in [-0.1, -0.05) is 29.8 Å². The number of hydrogen-bond acceptors (Lipinski definition) is 4. The van der Waals surface area contributed by atoms with E-state index in [4.69, 9.17) is 17.3 Å². The summed E-state index contributed by atoms with van der Waals surface area (Å²) in [6.45, 7) is 1.69. The lowest BCUT2D eigenvalue weighted by atomic mass is 10.2. The molecule has 1 fully saturated rings. The first-order chi connectivity index (χ1) is 10.6. The van der Waals surface area contributed by atoms with Crippen molar-refractivity contribution >= 4 is 29.0 Å². The molecule has 3 N–H and O–H groups in total. The lowest BCUT2D eigenvalue weighted by molar-refractivity contribution is 0.1000. The summed E-state index contributed by atoms with van der Waals surface area (Å²) in [4.78, 5) is 17.5. The van der Waals surface area contributed by atoms with Crippen LogP contribution in [0.25, 0.3) is 0 Å². The maximum Gasteiger partial charge on any atom is 0.250 e. The number of benzene rings is 1. The Hall–Kier alpha value is -2.27. The number of amides is 1. The van der Waals surface area contributed by atoms with E-state index in [1.165, 1.54) is 6.20 Å². The van der Waals surface area contributed by atoms with E-state index in [-0.39, 0.29) is 0 Å². The summed E-state index contributed by atoms with van der Waals surface area (Å²) in [5, 5.41) is 3.96. The smallest absolute Gasteiger partial charge is 0.250 e. The molecule has 22 heavy (non-hydrogen) atoms. The van der Waals surface area contributed by atoms with Gasteiger partial charge in [0.05, 0.1) is 10.6 Å². The van der Waals surface area contributed by atoms with Gasteiger partial charge in [-0.25, -0.2) is 4.98 Å². The highest BCUT2D eigenvalue weighted by molar-refractivity contribution is 6.33. The largest absolute Gasteiger partial charge is 0.380 e. The van der Waals surface area contributed by atoms with Crippen molar-refractivity contribution in [3.8, 4) is 0 Å². The van der Waals surface area contributed by atoms with Crippen LogP contribution >= 0.6 is 11.6 Å². The van der Waals surface area contributed by atoms with Crippen molar-refractivity contribution in [2.24, 2.45) is 5.73 Å². The van der Waals surface area contributed by atoms with Crippen LogP contribution in [0.15, 0.2) is 42.6 Å². The summed E-state index contributed by atoms with van der Waals surface area (Å²) in [7, 11) is 0. The molecule has 0 radical (unpaired) electrons. The van der Waals surface area contributed by atoms with E-state index in [1.54, 1.807) is 6.07 Å². The first kappa shape index (κ1) is 14.7. The third-order valence-corrected chi connectivity index (χ3v) is 4.02. The summed E-state index contributed by atoms with van der Waals surface area (Å²) >= 11 is 6.23. The minimum Gasteiger partial charge on any atom is -0.380 e. The van der Waals surface area contributed by atoms with Crippen LogP contribution in [0, 0.1) is 0 Å². The van der Waals surface area contributed by atoms with Gasteiger partial charge < -0.3 is 16.0 Å². The third-order valence-electron chi connectivity index (χ3n) is 3.74. The number of halogens is 1. The Bertz CT molecular complexity index is 677. The van der Waals surface area contributed by atoms with E-state index >= 15 is 0 Å². The zero-order chi connectivity index (χ0) is 15.5. The summed E-state index contributed by atoms with van der Waals surface area (Å²) in [6, 6.07) is 12.0. The lowest BCUT2D eigenvalue weighted by Gasteiger charge is -2.19. The average Bonchev–Trinajstić information content (AvgIpc) is 2.96.